The lowest BCUT2D eigenvalue weighted by atomic mass is 9.98. The van der Waals surface area contributed by atoms with Crippen molar-refractivity contribution in [2.45, 2.75) is 275 Å². The van der Waals surface area contributed by atoms with E-state index in [2.05, 4.69) is 0 Å². The summed E-state index contributed by atoms with van der Waals surface area (Å²) in [5, 5.41) is 71.9. The third-order valence-corrected chi connectivity index (χ3v) is 12.0. The van der Waals surface area contributed by atoms with Gasteiger partial charge in [0.05, 0.1) is 50.6 Å². The molecule has 0 spiro atoms. The number of carbonyl (C=O) groups is 6. The molecule has 1 saturated heterocycles. The minimum Gasteiger partial charge on any atom is -0.481 e. The smallest absolute Gasteiger partial charge is 0.309 e. The van der Waals surface area contributed by atoms with Gasteiger partial charge in [-0.1, -0.05) is 79.1 Å². The zero-order chi connectivity index (χ0) is 52.6. The largest absolute Gasteiger partial charge is 0.481 e. The number of unbranched alkanes of at least 4 members (excludes halogenated alkanes) is 8. The molecule has 1 fully saturated rings. The Hall–Kier alpha value is -3.50. The van der Waals surface area contributed by atoms with E-state index in [-0.39, 0.29) is 25.7 Å². The van der Waals surface area contributed by atoms with Gasteiger partial charge in [0, 0.05) is 39.5 Å². The fourth-order valence-corrected chi connectivity index (χ4v) is 8.41. The topological polar surface area (TPSA) is 309 Å². The number of aliphatic carboxylic acids is 1. The molecule has 0 aliphatic carbocycles. The van der Waals surface area contributed by atoms with Crippen molar-refractivity contribution < 1.29 is 97.7 Å². The summed E-state index contributed by atoms with van der Waals surface area (Å²) in [6, 6.07) is 0. The summed E-state index contributed by atoms with van der Waals surface area (Å²) in [5.74, 6) is -4.75. The van der Waals surface area contributed by atoms with E-state index in [1.807, 2.05) is 27.7 Å². The minimum absolute atomic E-state index is 0.0421. The van der Waals surface area contributed by atoms with Crippen molar-refractivity contribution in [2.24, 2.45) is 0 Å². The van der Waals surface area contributed by atoms with Gasteiger partial charge in [-0.25, -0.2) is 0 Å². The van der Waals surface area contributed by atoms with Crippen molar-refractivity contribution in [2.75, 3.05) is 6.61 Å². The zero-order valence-electron chi connectivity index (χ0n) is 42.6. The van der Waals surface area contributed by atoms with Crippen LogP contribution < -0.4 is 0 Å². The van der Waals surface area contributed by atoms with Crippen molar-refractivity contribution >= 4 is 35.8 Å². The van der Waals surface area contributed by atoms with E-state index in [0.717, 1.165) is 51.4 Å². The van der Waals surface area contributed by atoms with Gasteiger partial charge in [-0.3, -0.25) is 28.8 Å². The number of hydrogen-bond acceptors (Lipinski definition) is 19. The van der Waals surface area contributed by atoms with E-state index in [0.29, 0.717) is 51.4 Å². The maximum Gasteiger partial charge on any atom is 0.309 e. The average molecular weight is 1010 g/mol. The molecule has 0 aromatic rings. The molecule has 20 nitrogen and oxygen atoms in total. The lowest BCUT2D eigenvalue weighted by Gasteiger charge is -2.41. The predicted molar refractivity (Wildman–Crippen MR) is 253 cm³/mol. The Bertz CT molecular complexity index is 1480. The Morgan fingerprint density at radius 3 is 1.26 bits per heavy atom. The first-order valence-corrected chi connectivity index (χ1v) is 25.7. The number of esters is 5. The van der Waals surface area contributed by atoms with Gasteiger partial charge >= 0.3 is 35.8 Å². The maximum atomic E-state index is 13.7. The highest BCUT2D eigenvalue weighted by Crippen LogP contribution is 2.28. The molecule has 20 heteroatoms. The molecule has 0 aromatic carbocycles. The first kappa shape index (κ1) is 64.5. The summed E-state index contributed by atoms with van der Waals surface area (Å²) >= 11 is 0. The molecule has 1 rings (SSSR count). The Morgan fingerprint density at radius 1 is 0.471 bits per heavy atom. The molecular formula is C50H88O20. The molecule has 408 valence electrons. The van der Waals surface area contributed by atoms with Crippen molar-refractivity contribution in [3.8, 4) is 0 Å². The second-order valence-electron chi connectivity index (χ2n) is 18.7. The highest BCUT2D eigenvalue weighted by molar-refractivity contribution is 5.72. The molecule has 0 amide bonds. The normalized spacial score (nSPS) is 21.5. The molecule has 7 N–H and O–H groups in total. The SMILES string of the molecule is CCCCC[C@H](C[C@H](CC(=O)O[C@H](CCCCC)C[C@@H](O)CC(=O)O[C@H](CCCCC)C[C@H](CC(=O)O[C@H](CCCCC)C[C@@H](O)CC(=O)O)OC(C)=O)O[C@@H]1O[C@H](CO)[C@@H](O)[C@H](O)[C@@H]1O)OC(C)=O. The van der Waals surface area contributed by atoms with Gasteiger partial charge in [-0.05, 0) is 51.4 Å². The van der Waals surface area contributed by atoms with Crippen molar-refractivity contribution in [1.29, 1.82) is 0 Å². The van der Waals surface area contributed by atoms with Crippen LogP contribution in [0.3, 0.4) is 0 Å². The first-order chi connectivity index (χ1) is 33.2. The third-order valence-electron chi connectivity index (χ3n) is 12.0. The van der Waals surface area contributed by atoms with Crippen LogP contribution in [0.5, 0.6) is 0 Å². The molecule has 70 heavy (non-hydrogen) atoms. The molecule has 1 heterocycles. The summed E-state index contributed by atoms with van der Waals surface area (Å²) < 4.78 is 40.0. The first-order valence-electron chi connectivity index (χ1n) is 25.7. The van der Waals surface area contributed by atoms with Crippen LogP contribution in [0, 0.1) is 0 Å². The second kappa shape index (κ2) is 37.3. The van der Waals surface area contributed by atoms with Crippen LogP contribution in [0.2, 0.25) is 0 Å². The van der Waals surface area contributed by atoms with Gasteiger partial charge in [0.1, 0.15) is 54.9 Å². The number of carbonyl (C=O) groups excluding carboxylic acids is 5. The molecule has 0 radical (unpaired) electrons. The quantitative estimate of drug-likeness (QED) is 0.0241. The molecule has 0 saturated carbocycles. The number of rotatable bonds is 40. The summed E-state index contributed by atoms with van der Waals surface area (Å²) in [6.45, 7) is 9.69. The van der Waals surface area contributed by atoms with Crippen molar-refractivity contribution in [1.82, 2.24) is 0 Å². The van der Waals surface area contributed by atoms with Gasteiger partial charge in [0.15, 0.2) is 6.29 Å². The van der Waals surface area contributed by atoms with Crippen LogP contribution in [-0.2, 0) is 61.9 Å². The minimum atomic E-state index is -1.77. The monoisotopic (exact) mass is 1010 g/mol. The lowest BCUT2D eigenvalue weighted by Crippen LogP contribution is -2.59. The molecule has 13 atom stereocenters. The van der Waals surface area contributed by atoms with Gasteiger partial charge in [-0.15, -0.1) is 0 Å². The fourth-order valence-electron chi connectivity index (χ4n) is 8.41. The summed E-state index contributed by atoms with van der Waals surface area (Å²) in [4.78, 5) is 75.9. The predicted octanol–water partition coefficient (Wildman–Crippen LogP) is 5.02. The highest BCUT2D eigenvalue weighted by Gasteiger charge is 2.45. The Balaban J connectivity index is 3.22. The number of aliphatic hydroxyl groups is 6. The van der Waals surface area contributed by atoms with E-state index >= 15 is 0 Å². The van der Waals surface area contributed by atoms with Gasteiger partial charge in [-0.2, -0.15) is 0 Å². The fraction of sp³-hybridized carbons (Fsp3) is 0.880. The standard InChI is InChI=1S/C50H88O20/c1-7-11-15-19-36(23-34(54)25-43(56)57)66-45(59)29-40(65-33(6)53)28-39(22-18-14-10-4)68-44(58)26-35(55)24-37(20-16-12-8-2)67-46(60)30-41(27-38(64-32(5)52)21-17-13-9-3)69-50-49(63)48(62)47(61)42(31-51)70-50/h34-42,47-51,54-55,61-63H,7-31H2,1-6H3,(H,56,57)/t34-,35-,36-,37-,38-,39-,40-,41-,42-,47-,48+,49+,50-/m1/s1. The van der Waals surface area contributed by atoms with E-state index in [1.54, 1.807) is 0 Å². The molecule has 0 aromatic heterocycles. The van der Waals surface area contributed by atoms with E-state index in [9.17, 15) is 59.4 Å². The Kier molecular flexibility index (Phi) is 34.4. The molecule has 1 aliphatic rings. The van der Waals surface area contributed by atoms with Crippen LogP contribution in [0.4, 0.5) is 0 Å². The van der Waals surface area contributed by atoms with Crippen LogP contribution in [0.1, 0.15) is 196 Å². The van der Waals surface area contributed by atoms with Crippen molar-refractivity contribution in [3.63, 3.8) is 0 Å². The number of carboxylic acids is 1. The number of hydrogen-bond donors (Lipinski definition) is 7. The van der Waals surface area contributed by atoms with Crippen LogP contribution >= 0.6 is 0 Å². The van der Waals surface area contributed by atoms with E-state index in [1.165, 1.54) is 13.8 Å². The van der Waals surface area contributed by atoms with Gasteiger partial charge in [0.25, 0.3) is 0 Å². The average Bonchev–Trinajstić information content (AvgIpc) is 3.25. The second-order valence-corrected chi connectivity index (χ2v) is 18.7. The molecule has 1 aliphatic heterocycles. The highest BCUT2D eigenvalue weighted by atomic mass is 16.7. The van der Waals surface area contributed by atoms with E-state index < -0.39 is 148 Å². The van der Waals surface area contributed by atoms with Gasteiger partial charge < -0.3 is 68.9 Å². The molecule has 0 unspecified atom stereocenters. The lowest BCUT2D eigenvalue weighted by molar-refractivity contribution is -0.312. The van der Waals surface area contributed by atoms with Crippen molar-refractivity contribution in [3.05, 3.63) is 0 Å². The van der Waals surface area contributed by atoms with Crippen LogP contribution in [0.15, 0.2) is 0 Å². The summed E-state index contributed by atoms with van der Waals surface area (Å²) in [7, 11) is 0. The zero-order valence-corrected chi connectivity index (χ0v) is 42.6. The number of aliphatic hydroxyl groups excluding tert-OH is 6. The maximum absolute atomic E-state index is 13.7. The van der Waals surface area contributed by atoms with Gasteiger partial charge in [0.2, 0.25) is 0 Å². The molecule has 0 bridgehead atoms. The third kappa shape index (κ3) is 29.1. The number of ether oxygens (including phenoxy) is 7. The number of carboxylic acid groups (broad SMARTS) is 1. The molecular weight excluding hydrogens is 921 g/mol. The van der Waals surface area contributed by atoms with Crippen LogP contribution in [0.25, 0.3) is 0 Å². The van der Waals surface area contributed by atoms with E-state index in [4.69, 9.17) is 38.3 Å². The van der Waals surface area contributed by atoms with Crippen LogP contribution in [-0.4, -0.2) is 158 Å². The Labute approximate surface area is 414 Å². The Morgan fingerprint density at radius 2 is 0.843 bits per heavy atom. The summed E-state index contributed by atoms with van der Waals surface area (Å²) in [5.41, 5.74) is 0. The summed E-state index contributed by atoms with van der Waals surface area (Å²) in [6.07, 6.45) is -7.44.